The average molecular weight is 384 g/mol. The standard InChI is InChI=1S/C22H28N2O4/c1-26-19-6-4-5-18(16-19)22(25)24-13-11-23(12-14-24)10-9-17-7-8-20(27-2)21(15-17)28-3/h4-8,15-16H,9-14H2,1-3H3. The summed E-state index contributed by atoms with van der Waals surface area (Å²) >= 11 is 0. The topological polar surface area (TPSA) is 51.2 Å². The van der Waals surface area contributed by atoms with Gasteiger partial charge in [-0.3, -0.25) is 9.69 Å². The van der Waals surface area contributed by atoms with E-state index < -0.39 is 0 Å². The summed E-state index contributed by atoms with van der Waals surface area (Å²) in [6.45, 7) is 4.19. The van der Waals surface area contributed by atoms with Crippen LogP contribution in [0.3, 0.4) is 0 Å². The molecule has 1 saturated heterocycles. The molecule has 2 aromatic carbocycles. The number of rotatable bonds is 7. The van der Waals surface area contributed by atoms with Crippen molar-refractivity contribution in [3.8, 4) is 17.2 Å². The van der Waals surface area contributed by atoms with Crippen molar-refractivity contribution < 1.29 is 19.0 Å². The highest BCUT2D eigenvalue weighted by Crippen LogP contribution is 2.27. The second kappa shape index (κ2) is 9.46. The SMILES string of the molecule is COc1cccc(C(=O)N2CCN(CCc3ccc(OC)c(OC)c3)CC2)c1. The second-order valence-corrected chi connectivity index (χ2v) is 6.81. The first-order valence-electron chi connectivity index (χ1n) is 9.51. The van der Waals surface area contributed by atoms with Gasteiger partial charge in [0.1, 0.15) is 5.75 Å². The number of amides is 1. The minimum Gasteiger partial charge on any atom is -0.497 e. The Morgan fingerprint density at radius 2 is 1.64 bits per heavy atom. The van der Waals surface area contributed by atoms with Crippen LogP contribution >= 0.6 is 0 Å². The van der Waals surface area contributed by atoms with Gasteiger partial charge in [-0.2, -0.15) is 0 Å². The van der Waals surface area contributed by atoms with Crippen molar-refractivity contribution >= 4 is 5.91 Å². The summed E-state index contributed by atoms with van der Waals surface area (Å²) < 4.78 is 15.9. The molecule has 2 aromatic rings. The Bertz CT molecular complexity index is 801. The van der Waals surface area contributed by atoms with Crippen LogP contribution in [0.1, 0.15) is 15.9 Å². The van der Waals surface area contributed by atoms with Crippen LogP contribution in [0.4, 0.5) is 0 Å². The van der Waals surface area contributed by atoms with Gasteiger partial charge in [0, 0.05) is 38.3 Å². The molecule has 28 heavy (non-hydrogen) atoms. The summed E-state index contributed by atoms with van der Waals surface area (Å²) in [4.78, 5) is 17.0. The van der Waals surface area contributed by atoms with Gasteiger partial charge in [-0.1, -0.05) is 12.1 Å². The average Bonchev–Trinajstić information content (AvgIpc) is 2.77. The van der Waals surface area contributed by atoms with Crippen molar-refractivity contribution in [3.63, 3.8) is 0 Å². The Hall–Kier alpha value is -2.73. The van der Waals surface area contributed by atoms with Crippen LogP contribution in [0.5, 0.6) is 17.2 Å². The van der Waals surface area contributed by atoms with Gasteiger partial charge >= 0.3 is 0 Å². The number of hydrogen-bond donors (Lipinski definition) is 0. The molecule has 150 valence electrons. The van der Waals surface area contributed by atoms with Crippen molar-refractivity contribution in [1.29, 1.82) is 0 Å². The first-order chi connectivity index (χ1) is 13.6. The Labute approximate surface area is 166 Å². The second-order valence-electron chi connectivity index (χ2n) is 6.81. The van der Waals surface area contributed by atoms with E-state index in [9.17, 15) is 4.79 Å². The summed E-state index contributed by atoms with van der Waals surface area (Å²) in [5.41, 5.74) is 1.89. The quantitative estimate of drug-likeness (QED) is 0.735. The molecule has 0 saturated carbocycles. The van der Waals surface area contributed by atoms with Crippen molar-refractivity contribution in [2.24, 2.45) is 0 Å². The Balaban J connectivity index is 1.51. The number of benzene rings is 2. The van der Waals surface area contributed by atoms with Crippen LogP contribution in [0, 0.1) is 0 Å². The van der Waals surface area contributed by atoms with E-state index in [0.29, 0.717) is 11.3 Å². The molecule has 1 fully saturated rings. The van der Waals surface area contributed by atoms with E-state index in [2.05, 4.69) is 11.0 Å². The summed E-state index contributed by atoms with van der Waals surface area (Å²) in [6.07, 6.45) is 0.935. The molecule has 1 heterocycles. The lowest BCUT2D eigenvalue weighted by molar-refractivity contribution is 0.0638. The van der Waals surface area contributed by atoms with Crippen LogP contribution in [0.15, 0.2) is 42.5 Å². The molecule has 0 aliphatic carbocycles. The molecule has 6 nitrogen and oxygen atoms in total. The molecule has 0 unspecified atom stereocenters. The van der Waals surface area contributed by atoms with Gasteiger partial charge in [0.05, 0.1) is 21.3 Å². The maximum Gasteiger partial charge on any atom is 0.254 e. The van der Waals surface area contributed by atoms with Crippen molar-refractivity contribution in [1.82, 2.24) is 9.80 Å². The van der Waals surface area contributed by atoms with E-state index in [1.165, 1.54) is 5.56 Å². The molecule has 0 atom stereocenters. The molecule has 1 amide bonds. The zero-order valence-electron chi connectivity index (χ0n) is 16.8. The van der Waals surface area contributed by atoms with E-state index >= 15 is 0 Å². The van der Waals surface area contributed by atoms with Gasteiger partial charge in [-0.15, -0.1) is 0 Å². The lowest BCUT2D eigenvalue weighted by atomic mass is 10.1. The number of carbonyl (C=O) groups excluding carboxylic acids is 1. The van der Waals surface area contributed by atoms with E-state index in [-0.39, 0.29) is 5.91 Å². The molecule has 0 N–H and O–H groups in total. The van der Waals surface area contributed by atoms with Crippen LogP contribution < -0.4 is 14.2 Å². The number of ether oxygens (including phenoxy) is 3. The van der Waals surface area contributed by atoms with Gasteiger partial charge in [0.15, 0.2) is 11.5 Å². The zero-order valence-corrected chi connectivity index (χ0v) is 16.8. The fourth-order valence-corrected chi connectivity index (χ4v) is 3.44. The molecule has 6 heteroatoms. The molecule has 0 spiro atoms. The molecular weight excluding hydrogens is 356 g/mol. The van der Waals surface area contributed by atoms with Gasteiger partial charge in [0.25, 0.3) is 5.91 Å². The van der Waals surface area contributed by atoms with Crippen LogP contribution in [0.25, 0.3) is 0 Å². The fourth-order valence-electron chi connectivity index (χ4n) is 3.44. The molecule has 1 aliphatic rings. The maximum absolute atomic E-state index is 12.7. The molecule has 0 aromatic heterocycles. The van der Waals surface area contributed by atoms with E-state index in [1.54, 1.807) is 27.4 Å². The van der Waals surface area contributed by atoms with Crippen LogP contribution in [-0.4, -0.2) is 69.8 Å². The van der Waals surface area contributed by atoms with Crippen LogP contribution in [-0.2, 0) is 6.42 Å². The molecule has 0 radical (unpaired) electrons. The third kappa shape index (κ3) is 4.75. The Morgan fingerprint density at radius 1 is 0.893 bits per heavy atom. The monoisotopic (exact) mass is 384 g/mol. The Kier molecular flexibility index (Phi) is 6.76. The van der Waals surface area contributed by atoms with Crippen molar-refractivity contribution in [2.45, 2.75) is 6.42 Å². The summed E-state index contributed by atoms with van der Waals surface area (Å²) in [5, 5.41) is 0. The molecular formula is C22H28N2O4. The zero-order chi connectivity index (χ0) is 19.9. The van der Waals surface area contributed by atoms with E-state index in [1.807, 2.05) is 35.2 Å². The van der Waals surface area contributed by atoms with Gasteiger partial charge in [-0.25, -0.2) is 0 Å². The largest absolute Gasteiger partial charge is 0.497 e. The summed E-state index contributed by atoms with van der Waals surface area (Å²) in [6, 6.07) is 13.4. The number of carbonyl (C=O) groups is 1. The maximum atomic E-state index is 12.7. The number of nitrogens with zero attached hydrogens (tertiary/aromatic N) is 2. The number of methoxy groups -OCH3 is 3. The predicted octanol–water partition coefficient (Wildman–Crippen LogP) is 2.71. The summed E-state index contributed by atoms with van der Waals surface area (Å²) in [7, 11) is 4.91. The smallest absolute Gasteiger partial charge is 0.254 e. The Morgan fingerprint density at radius 3 is 2.32 bits per heavy atom. The highest BCUT2D eigenvalue weighted by molar-refractivity contribution is 5.94. The minimum atomic E-state index is 0.0680. The molecule has 0 bridgehead atoms. The molecule has 1 aliphatic heterocycles. The van der Waals surface area contributed by atoms with Crippen molar-refractivity contribution in [3.05, 3.63) is 53.6 Å². The van der Waals surface area contributed by atoms with Crippen LogP contribution in [0.2, 0.25) is 0 Å². The van der Waals surface area contributed by atoms with Crippen molar-refractivity contribution in [2.75, 3.05) is 54.1 Å². The third-order valence-electron chi connectivity index (χ3n) is 5.14. The predicted molar refractivity (Wildman–Crippen MR) is 109 cm³/mol. The summed E-state index contributed by atoms with van der Waals surface area (Å²) in [5.74, 6) is 2.28. The highest BCUT2D eigenvalue weighted by Gasteiger charge is 2.22. The van der Waals surface area contributed by atoms with E-state index in [0.717, 1.165) is 50.6 Å². The normalized spacial score (nSPS) is 14.6. The van der Waals surface area contributed by atoms with Gasteiger partial charge < -0.3 is 19.1 Å². The van der Waals surface area contributed by atoms with Gasteiger partial charge in [-0.05, 0) is 42.3 Å². The van der Waals surface area contributed by atoms with E-state index in [4.69, 9.17) is 14.2 Å². The number of piperazine rings is 1. The lowest BCUT2D eigenvalue weighted by Crippen LogP contribution is -2.49. The fraction of sp³-hybridized carbons (Fsp3) is 0.409. The highest BCUT2D eigenvalue weighted by atomic mass is 16.5. The lowest BCUT2D eigenvalue weighted by Gasteiger charge is -2.34. The minimum absolute atomic E-state index is 0.0680. The first kappa shape index (κ1) is 20.0. The molecule has 3 rings (SSSR count). The third-order valence-corrected chi connectivity index (χ3v) is 5.14. The number of hydrogen-bond acceptors (Lipinski definition) is 5. The first-order valence-corrected chi connectivity index (χ1v) is 9.51. The van der Waals surface area contributed by atoms with Gasteiger partial charge in [0.2, 0.25) is 0 Å².